The first-order valence-electron chi connectivity index (χ1n) is 15.0. The lowest BCUT2D eigenvalue weighted by Crippen LogP contribution is -2.23. The lowest BCUT2D eigenvalue weighted by atomic mass is 9.78. The number of aromatic hydroxyl groups is 3. The number of aryl methyl sites for hydroxylation is 2. The van der Waals surface area contributed by atoms with Gasteiger partial charge in [0.05, 0.1) is 0 Å². The van der Waals surface area contributed by atoms with Crippen molar-refractivity contribution in [2.75, 3.05) is 5.43 Å². The van der Waals surface area contributed by atoms with Gasteiger partial charge in [-0.3, -0.25) is 10.2 Å². The fourth-order valence-corrected chi connectivity index (χ4v) is 5.05. The third-order valence-corrected chi connectivity index (χ3v) is 7.49. The molecule has 1 aromatic carbocycles. The molecule has 2 aromatic rings. The number of hydrogen-bond donors (Lipinski definition) is 4. The number of rotatable bonds is 15. The monoisotopic (exact) mass is 542 g/mol. The van der Waals surface area contributed by atoms with Gasteiger partial charge in [0.1, 0.15) is 5.75 Å². The predicted octanol–water partition coefficient (Wildman–Crippen LogP) is 8.37. The Bertz CT molecular complexity index is 1020. The largest absolute Gasteiger partial charge is 0.507 e. The van der Waals surface area contributed by atoms with E-state index in [1.54, 1.807) is 0 Å². The van der Waals surface area contributed by atoms with Crippen molar-refractivity contribution in [2.45, 2.75) is 143 Å². The Morgan fingerprint density at radius 2 is 1.23 bits per heavy atom. The highest BCUT2D eigenvalue weighted by Crippen LogP contribution is 2.40. The molecule has 0 aliphatic carbocycles. The van der Waals surface area contributed by atoms with Crippen molar-refractivity contribution >= 4 is 5.91 Å². The molecule has 6 nitrogen and oxygen atoms in total. The van der Waals surface area contributed by atoms with Crippen LogP contribution in [0.4, 0.5) is 0 Å². The smallest absolute Gasteiger partial charge is 0.239 e. The normalized spacial score (nSPS) is 12.2. The fraction of sp³-hybridized carbons (Fsp3) is 0.667. The van der Waals surface area contributed by atoms with Crippen LogP contribution in [0.15, 0.2) is 18.2 Å². The van der Waals surface area contributed by atoms with Crippen LogP contribution in [0.1, 0.15) is 141 Å². The number of nitrogens with zero attached hydrogens (tertiary/aromatic N) is 1. The van der Waals surface area contributed by atoms with Crippen molar-refractivity contribution in [3.63, 3.8) is 0 Å². The Hall–Kier alpha value is -2.63. The fourth-order valence-electron chi connectivity index (χ4n) is 5.05. The van der Waals surface area contributed by atoms with Crippen LogP contribution in [-0.4, -0.2) is 25.9 Å². The van der Waals surface area contributed by atoms with Gasteiger partial charge in [-0.25, -0.2) is 0 Å². The van der Waals surface area contributed by atoms with Gasteiger partial charge in [0, 0.05) is 18.1 Å². The summed E-state index contributed by atoms with van der Waals surface area (Å²) < 4.78 is 1.08. The van der Waals surface area contributed by atoms with Gasteiger partial charge in [-0.1, -0.05) is 118 Å². The van der Waals surface area contributed by atoms with Crippen LogP contribution in [0, 0.1) is 0 Å². The van der Waals surface area contributed by atoms with E-state index in [-0.39, 0.29) is 34.9 Å². The van der Waals surface area contributed by atoms with E-state index in [0.717, 1.165) is 34.2 Å². The van der Waals surface area contributed by atoms with Gasteiger partial charge < -0.3 is 15.3 Å². The summed E-state index contributed by atoms with van der Waals surface area (Å²) in [5.74, 6) is -0.256. The second-order valence-electron chi connectivity index (χ2n) is 13.2. The number of benzene rings is 1. The average molecular weight is 543 g/mol. The lowest BCUT2D eigenvalue weighted by molar-refractivity contribution is -0.117. The quantitative estimate of drug-likeness (QED) is 0.170. The first-order valence-corrected chi connectivity index (χ1v) is 15.0. The molecule has 0 atom stereocenters. The summed E-state index contributed by atoms with van der Waals surface area (Å²) >= 11 is 0. The molecular weight excluding hydrogens is 488 g/mol. The molecule has 0 unspecified atom stereocenters. The molecule has 220 valence electrons. The summed E-state index contributed by atoms with van der Waals surface area (Å²) in [5, 5.41) is 31.9. The molecule has 0 saturated heterocycles. The molecule has 1 aromatic heterocycles. The van der Waals surface area contributed by atoms with E-state index in [4.69, 9.17) is 0 Å². The molecule has 6 heteroatoms. The molecule has 4 N–H and O–H groups in total. The number of phenols is 1. The van der Waals surface area contributed by atoms with Crippen LogP contribution >= 0.6 is 0 Å². The molecule has 0 bridgehead atoms. The molecule has 0 aliphatic rings. The number of aromatic nitrogens is 1. The maximum Gasteiger partial charge on any atom is 0.239 e. The van der Waals surface area contributed by atoms with E-state index in [2.05, 4.69) is 53.9 Å². The van der Waals surface area contributed by atoms with E-state index in [9.17, 15) is 20.1 Å². The molecule has 0 saturated carbocycles. The third-order valence-electron chi connectivity index (χ3n) is 7.49. The molecule has 0 aliphatic heterocycles. The summed E-state index contributed by atoms with van der Waals surface area (Å²) in [4.78, 5) is 12.8. The summed E-state index contributed by atoms with van der Waals surface area (Å²) in [5.41, 5.74) is 5.51. The standard InChI is InChI=1S/C33H54N2O4/c1-8-9-10-11-12-13-14-15-16-17-18-25-23-29(37)35(31(25)39)34-28(36)20-19-24-21-26(32(2,3)4)30(38)27(22-24)33(5,6)7/h21-23,37-39H,8-20H2,1-7H3,(H,34,36). The number of unbranched alkanes of at least 4 members (excludes halogenated alkanes) is 9. The first-order chi connectivity index (χ1) is 18.3. The van der Waals surface area contributed by atoms with Gasteiger partial charge in [0.25, 0.3) is 0 Å². The first kappa shape index (κ1) is 32.6. The number of amides is 1. The zero-order valence-electron chi connectivity index (χ0n) is 25.6. The topological polar surface area (TPSA) is 94.7 Å². The van der Waals surface area contributed by atoms with Crippen molar-refractivity contribution in [1.29, 1.82) is 0 Å². The summed E-state index contributed by atoms with van der Waals surface area (Å²) in [6, 6.07) is 5.49. The zero-order valence-corrected chi connectivity index (χ0v) is 25.6. The van der Waals surface area contributed by atoms with E-state index < -0.39 is 0 Å². The van der Waals surface area contributed by atoms with Gasteiger partial charge in [-0.2, -0.15) is 4.68 Å². The minimum atomic E-state index is -0.302. The van der Waals surface area contributed by atoms with Gasteiger partial charge in [-0.15, -0.1) is 0 Å². The summed E-state index contributed by atoms with van der Waals surface area (Å²) in [7, 11) is 0. The Morgan fingerprint density at radius 3 is 1.72 bits per heavy atom. The van der Waals surface area contributed by atoms with Crippen molar-refractivity contribution in [2.24, 2.45) is 0 Å². The second-order valence-corrected chi connectivity index (χ2v) is 13.2. The molecule has 0 fully saturated rings. The van der Waals surface area contributed by atoms with Gasteiger partial charge in [-0.05, 0) is 46.8 Å². The van der Waals surface area contributed by atoms with Gasteiger partial charge >= 0.3 is 0 Å². The number of phenolic OH excluding ortho intramolecular Hbond substituents is 1. The molecular formula is C33H54N2O4. The molecule has 2 rings (SSSR count). The SMILES string of the molecule is CCCCCCCCCCCCc1cc(O)n(NC(=O)CCc2cc(C(C)(C)C)c(O)c(C(C)(C)C)c2)c1O. The highest BCUT2D eigenvalue weighted by atomic mass is 16.3. The van der Waals surface area contributed by atoms with Crippen molar-refractivity contribution in [1.82, 2.24) is 4.68 Å². The molecule has 0 radical (unpaired) electrons. The van der Waals surface area contributed by atoms with Crippen LogP contribution in [0.2, 0.25) is 0 Å². The van der Waals surface area contributed by atoms with E-state index in [0.29, 0.717) is 24.2 Å². The molecule has 1 heterocycles. The highest BCUT2D eigenvalue weighted by Gasteiger charge is 2.26. The third kappa shape index (κ3) is 10.1. The average Bonchev–Trinajstić information content (AvgIpc) is 3.10. The van der Waals surface area contributed by atoms with Gasteiger partial charge in [0.15, 0.2) is 0 Å². The highest BCUT2D eigenvalue weighted by molar-refractivity contribution is 5.84. The maximum atomic E-state index is 12.8. The van der Waals surface area contributed by atoms with Crippen LogP contribution in [0.5, 0.6) is 17.5 Å². The lowest BCUT2D eigenvalue weighted by Gasteiger charge is -2.28. The Balaban J connectivity index is 1.90. The van der Waals surface area contributed by atoms with Crippen molar-refractivity contribution < 1.29 is 20.1 Å². The minimum absolute atomic E-state index is 0.105. The molecule has 1 amide bonds. The number of carbonyl (C=O) groups excluding carboxylic acids is 1. The van der Waals surface area contributed by atoms with Crippen LogP contribution < -0.4 is 5.43 Å². The Morgan fingerprint density at radius 1 is 0.744 bits per heavy atom. The summed E-state index contributed by atoms with van der Waals surface area (Å²) in [6.07, 6.45) is 13.7. The predicted molar refractivity (Wildman–Crippen MR) is 162 cm³/mol. The van der Waals surface area contributed by atoms with E-state index in [1.165, 1.54) is 57.4 Å². The Kier molecular flexibility index (Phi) is 12.3. The van der Waals surface area contributed by atoms with Crippen LogP contribution in [0.25, 0.3) is 0 Å². The van der Waals surface area contributed by atoms with Crippen LogP contribution in [0.3, 0.4) is 0 Å². The Labute approximate surface area is 236 Å². The number of hydrogen-bond acceptors (Lipinski definition) is 4. The minimum Gasteiger partial charge on any atom is -0.507 e. The summed E-state index contributed by atoms with van der Waals surface area (Å²) in [6.45, 7) is 14.6. The number of carbonyl (C=O) groups is 1. The number of nitrogens with one attached hydrogen (secondary N) is 1. The second kappa shape index (κ2) is 14.7. The molecule has 39 heavy (non-hydrogen) atoms. The van der Waals surface area contributed by atoms with E-state index in [1.807, 2.05) is 12.1 Å². The maximum absolute atomic E-state index is 12.8. The van der Waals surface area contributed by atoms with Crippen molar-refractivity contribution in [3.05, 3.63) is 40.5 Å². The van der Waals surface area contributed by atoms with E-state index >= 15 is 0 Å². The van der Waals surface area contributed by atoms with Crippen molar-refractivity contribution in [3.8, 4) is 17.5 Å². The van der Waals surface area contributed by atoms with Gasteiger partial charge in [0.2, 0.25) is 17.7 Å². The molecule has 0 spiro atoms. The zero-order chi connectivity index (χ0) is 29.2. The van der Waals surface area contributed by atoms with Crippen LogP contribution in [-0.2, 0) is 28.5 Å².